The van der Waals surface area contributed by atoms with Crippen molar-refractivity contribution < 1.29 is 0 Å². The van der Waals surface area contributed by atoms with Crippen LogP contribution < -0.4 is 0 Å². The molecule has 0 atom stereocenters. The molecule has 0 radical (unpaired) electrons. The van der Waals surface area contributed by atoms with Crippen molar-refractivity contribution in [3.05, 3.63) is 35.4 Å². The van der Waals surface area contributed by atoms with Crippen molar-refractivity contribution >= 4 is 5.57 Å². The molecule has 16 heavy (non-hydrogen) atoms. The summed E-state index contributed by atoms with van der Waals surface area (Å²) in [6.45, 7) is 1.09. The third-order valence-electron chi connectivity index (χ3n) is 3.33. The highest BCUT2D eigenvalue weighted by Crippen LogP contribution is 2.28. The van der Waals surface area contributed by atoms with E-state index >= 15 is 0 Å². The van der Waals surface area contributed by atoms with E-state index in [2.05, 4.69) is 21.7 Å². The maximum atomic E-state index is 8.79. The summed E-state index contributed by atoms with van der Waals surface area (Å²) in [6, 6.07) is 2.21. The standard InChI is InChI=1S/C13H13N3/c14-8-10-3-5-11(6-4-10)13-15-9-12-2-1-7-16(12)13/h3,5,9H,1-2,4,6-7H2. The molecule has 1 aliphatic heterocycles. The Balaban J connectivity index is 1.97. The normalized spacial score (nSPS) is 18.7. The molecule has 1 aromatic heterocycles. The molecule has 1 aromatic rings. The first kappa shape index (κ1) is 9.41. The molecular weight excluding hydrogens is 198 g/mol. The second-order valence-electron chi connectivity index (χ2n) is 4.32. The van der Waals surface area contributed by atoms with Crippen LogP contribution in [0.2, 0.25) is 0 Å². The number of hydrogen-bond donors (Lipinski definition) is 0. The van der Waals surface area contributed by atoms with Crippen LogP contribution in [0.15, 0.2) is 23.9 Å². The first-order chi connectivity index (χ1) is 7.88. The van der Waals surface area contributed by atoms with Gasteiger partial charge >= 0.3 is 0 Å². The number of aromatic nitrogens is 2. The van der Waals surface area contributed by atoms with Gasteiger partial charge in [-0.1, -0.05) is 6.08 Å². The first-order valence-electron chi connectivity index (χ1n) is 5.73. The Morgan fingerprint density at radius 1 is 1.25 bits per heavy atom. The maximum Gasteiger partial charge on any atom is 0.136 e. The van der Waals surface area contributed by atoms with Crippen molar-refractivity contribution in [3.63, 3.8) is 0 Å². The van der Waals surface area contributed by atoms with E-state index in [1.54, 1.807) is 0 Å². The van der Waals surface area contributed by atoms with Crippen LogP contribution in [0.1, 0.15) is 30.8 Å². The third-order valence-corrected chi connectivity index (χ3v) is 3.33. The van der Waals surface area contributed by atoms with Crippen molar-refractivity contribution in [1.29, 1.82) is 5.26 Å². The van der Waals surface area contributed by atoms with Gasteiger partial charge in [-0.15, -0.1) is 0 Å². The fraction of sp³-hybridized carbons (Fsp3) is 0.385. The predicted molar refractivity (Wildman–Crippen MR) is 61.5 cm³/mol. The Morgan fingerprint density at radius 2 is 2.19 bits per heavy atom. The molecule has 2 heterocycles. The van der Waals surface area contributed by atoms with E-state index in [1.807, 2.05) is 12.3 Å². The number of nitriles is 1. The number of fused-ring (bicyclic) bond motifs is 1. The molecule has 3 heteroatoms. The van der Waals surface area contributed by atoms with Crippen LogP contribution in [-0.4, -0.2) is 9.55 Å². The molecule has 0 N–H and O–H groups in total. The van der Waals surface area contributed by atoms with Crippen molar-refractivity contribution in [3.8, 4) is 6.07 Å². The zero-order valence-electron chi connectivity index (χ0n) is 9.11. The molecule has 2 aliphatic rings. The summed E-state index contributed by atoms with van der Waals surface area (Å²) >= 11 is 0. The van der Waals surface area contributed by atoms with Crippen LogP contribution in [0.4, 0.5) is 0 Å². The van der Waals surface area contributed by atoms with E-state index in [-0.39, 0.29) is 0 Å². The summed E-state index contributed by atoms with van der Waals surface area (Å²) < 4.78 is 2.32. The Kier molecular flexibility index (Phi) is 2.14. The molecule has 0 saturated heterocycles. The summed E-state index contributed by atoms with van der Waals surface area (Å²) in [4.78, 5) is 4.49. The summed E-state index contributed by atoms with van der Waals surface area (Å²) in [7, 11) is 0. The quantitative estimate of drug-likeness (QED) is 0.716. The van der Waals surface area contributed by atoms with Gasteiger partial charge < -0.3 is 4.57 Å². The number of aryl methyl sites for hydroxylation is 1. The van der Waals surface area contributed by atoms with E-state index in [0.717, 1.165) is 37.2 Å². The number of nitrogens with zero attached hydrogens (tertiary/aromatic N) is 3. The summed E-state index contributed by atoms with van der Waals surface area (Å²) in [5.41, 5.74) is 3.50. The van der Waals surface area contributed by atoms with E-state index in [1.165, 1.54) is 17.7 Å². The van der Waals surface area contributed by atoms with Crippen LogP contribution in [0.5, 0.6) is 0 Å². The van der Waals surface area contributed by atoms with Crippen molar-refractivity contribution in [1.82, 2.24) is 9.55 Å². The number of rotatable bonds is 1. The average molecular weight is 211 g/mol. The molecule has 0 spiro atoms. The zero-order chi connectivity index (χ0) is 11.0. The first-order valence-corrected chi connectivity index (χ1v) is 5.73. The van der Waals surface area contributed by atoms with E-state index in [0.29, 0.717) is 0 Å². The Labute approximate surface area is 94.7 Å². The molecule has 80 valence electrons. The van der Waals surface area contributed by atoms with Gasteiger partial charge in [0.05, 0.1) is 6.07 Å². The number of hydrogen-bond acceptors (Lipinski definition) is 2. The van der Waals surface area contributed by atoms with Crippen LogP contribution in [0.25, 0.3) is 5.57 Å². The van der Waals surface area contributed by atoms with E-state index in [4.69, 9.17) is 5.26 Å². The van der Waals surface area contributed by atoms with Gasteiger partial charge in [-0.05, 0) is 37.3 Å². The van der Waals surface area contributed by atoms with Gasteiger partial charge in [0.15, 0.2) is 0 Å². The smallest absolute Gasteiger partial charge is 0.136 e. The van der Waals surface area contributed by atoms with Crippen molar-refractivity contribution in [2.45, 2.75) is 32.2 Å². The highest BCUT2D eigenvalue weighted by atomic mass is 15.1. The van der Waals surface area contributed by atoms with Crippen LogP contribution in [0, 0.1) is 11.3 Å². The van der Waals surface area contributed by atoms with Gasteiger partial charge in [0.1, 0.15) is 5.82 Å². The Hall–Kier alpha value is -1.82. The zero-order valence-corrected chi connectivity index (χ0v) is 9.11. The lowest BCUT2D eigenvalue weighted by atomic mass is 9.99. The van der Waals surface area contributed by atoms with Crippen molar-refractivity contribution in [2.75, 3.05) is 0 Å². The number of allylic oxidation sites excluding steroid dienone is 4. The lowest BCUT2D eigenvalue weighted by Crippen LogP contribution is -2.02. The van der Waals surface area contributed by atoms with Gasteiger partial charge in [0.2, 0.25) is 0 Å². The van der Waals surface area contributed by atoms with Gasteiger partial charge in [-0.25, -0.2) is 4.98 Å². The molecule has 0 unspecified atom stereocenters. The van der Waals surface area contributed by atoms with Crippen LogP contribution >= 0.6 is 0 Å². The van der Waals surface area contributed by atoms with E-state index < -0.39 is 0 Å². The third kappa shape index (κ3) is 1.38. The molecule has 3 rings (SSSR count). The average Bonchev–Trinajstić information content (AvgIpc) is 2.91. The molecule has 0 aromatic carbocycles. The Bertz CT molecular complexity index is 526. The highest BCUT2D eigenvalue weighted by Gasteiger charge is 2.18. The van der Waals surface area contributed by atoms with Gasteiger partial charge in [-0.2, -0.15) is 5.26 Å². The second kappa shape index (κ2) is 3.64. The van der Waals surface area contributed by atoms with Gasteiger partial charge in [-0.3, -0.25) is 0 Å². The fourth-order valence-electron chi connectivity index (χ4n) is 2.45. The minimum absolute atomic E-state index is 0.852. The summed E-state index contributed by atoms with van der Waals surface area (Å²) in [5, 5.41) is 8.79. The van der Waals surface area contributed by atoms with Gasteiger partial charge in [0.25, 0.3) is 0 Å². The minimum atomic E-state index is 0.852. The monoisotopic (exact) mass is 211 g/mol. The Morgan fingerprint density at radius 3 is 2.94 bits per heavy atom. The molecule has 0 fully saturated rings. The topological polar surface area (TPSA) is 41.6 Å². The van der Waals surface area contributed by atoms with Crippen LogP contribution in [-0.2, 0) is 13.0 Å². The molecule has 3 nitrogen and oxygen atoms in total. The fourth-order valence-corrected chi connectivity index (χ4v) is 2.45. The second-order valence-corrected chi connectivity index (χ2v) is 4.32. The summed E-state index contributed by atoms with van der Waals surface area (Å²) in [6.07, 6.45) is 10.1. The minimum Gasteiger partial charge on any atom is -0.328 e. The van der Waals surface area contributed by atoms with Crippen molar-refractivity contribution in [2.24, 2.45) is 0 Å². The van der Waals surface area contributed by atoms with Crippen LogP contribution in [0.3, 0.4) is 0 Å². The lowest BCUT2D eigenvalue weighted by molar-refractivity contribution is 0.726. The summed E-state index contributed by atoms with van der Waals surface area (Å²) in [5.74, 6) is 1.11. The predicted octanol–water partition coefficient (Wildman–Crippen LogP) is 2.46. The lowest BCUT2D eigenvalue weighted by Gasteiger charge is -2.11. The van der Waals surface area contributed by atoms with Gasteiger partial charge in [0, 0.05) is 24.0 Å². The molecule has 0 bridgehead atoms. The van der Waals surface area contributed by atoms with E-state index in [9.17, 15) is 0 Å². The number of imidazole rings is 1. The largest absolute Gasteiger partial charge is 0.328 e. The molecule has 0 amide bonds. The maximum absolute atomic E-state index is 8.79. The molecular formula is C13H13N3. The molecule has 0 saturated carbocycles. The highest BCUT2D eigenvalue weighted by molar-refractivity contribution is 5.65. The molecule has 1 aliphatic carbocycles. The SMILES string of the molecule is N#CC1=CC=C(c2ncc3n2CCC3)CC1.